The van der Waals surface area contributed by atoms with Gasteiger partial charge in [-0.3, -0.25) is 4.79 Å². The Balaban J connectivity index is 1.43. The molecule has 8 heteroatoms. The molecule has 1 aliphatic heterocycles. The van der Waals surface area contributed by atoms with Crippen LogP contribution in [0.15, 0.2) is 48.5 Å². The van der Waals surface area contributed by atoms with Crippen LogP contribution >= 0.6 is 11.6 Å². The van der Waals surface area contributed by atoms with E-state index in [1.165, 1.54) is 12.1 Å². The molecule has 0 spiro atoms. The molecule has 166 valence electrons. The quantitative estimate of drug-likeness (QED) is 0.394. The molecule has 0 saturated carbocycles. The molecule has 4 rings (SSSR count). The van der Waals surface area contributed by atoms with Gasteiger partial charge in [0.25, 0.3) is 0 Å². The number of ketones is 1. The number of para-hydroxylation sites is 2. The van der Waals surface area contributed by atoms with Crippen LogP contribution in [0.25, 0.3) is 0 Å². The molecule has 0 N–H and O–H groups in total. The minimum Gasteiger partial charge on any atom is -0.486 e. The molecule has 0 aliphatic carbocycles. The number of fused-ring (bicyclic) bond motifs is 1. The Hall–Kier alpha value is -3.32. The second kappa shape index (κ2) is 9.04. The Morgan fingerprint density at radius 1 is 1.16 bits per heavy atom. The summed E-state index contributed by atoms with van der Waals surface area (Å²) in [5.74, 6) is -0.791. The maximum Gasteiger partial charge on any atom is 0.343 e. The number of carbonyl (C=O) groups is 2. The van der Waals surface area contributed by atoms with Crippen molar-refractivity contribution in [3.8, 4) is 11.5 Å². The van der Waals surface area contributed by atoms with Crippen LogP contribution in [0.2, 0.25) is 5.02 Å². The fourth-order valence-corrected chi connectivity index (χ4v) is 3.94. The summed E-state index contributed by atoms with van der Waals surface area (Å²) in [6, 6.07) is 13.1. The molecule has 1 unspecified atom stereocenters. The van der Waals surface area contributed by atoms with Crippen LogP contribution in [-0.4, -0.2) is 35.6 Å². The van der Waals surface area contributed by atoms with Crippen molar-refractivity contribution in [1.82, 2.24) is 4.57 Å². The van der Waals surface area contributed by atoms with Gasteiger partial charge >= 0.3 is 5.97 Å². The summed E-state index contributed by atoms with van der Waals surface area (Å²) in [5.41, 5.74) is 1.61. The van der Waals surface area contributed by atoms with Crippen LogP contribution in [0.5, 0.6) is 11.5 Å². The maximum absolute atomic E-state index is 13.9. The summed E-state index contributed by atoms with van der Waals surface area (Å²) in [6.45, 7) is 4.05. The second-order valence-corrected chi connectivity index (χ2v) is 7.90. The SMILES string of the molecule is Cc1cc(C(=O)COC(=O)c2c(F)cccc2Cl)c(C)n1CC1COc2ccccc2O1. The molecule has 32 heavy (non-hydrogen) atoms. The van der Waals surface area contributed by atoms with Crippen molar-refractivity contribution < 1.29 is 28.2 Å². The molecule has 0 amide bonds. The highest BCUT2D eigenvalue weighted by molar-refractivity contribution is 6.33. The summed E-state index contributed by atoms with van der Waals surface area (Å²) in [6.07, 6.45) is -0.223. The first-order valence-electron chi connectivity index (χ1n) is 10.0. The number of aryl methyl sites for hydroxylation is 1. The Kier molecular flexibility index (Phi) is 6.19. The number of ether oxygens (including phenoxy) is 3. The number of hydrogen-bond donors (Lipinski definition) is 0. The lowest BCUT2D eigenvalue weighted by Crippen LogP contribution is -2.33. The van der Waals surface area contributed by atoms with Crippen LogP contribution in [0.4, 0.5) is 4.39 Å². The standard InChI is InChI=1S/C24H21ClFNO5/c1-14-10-17(20(28)13-31-24(29)23-18(25)6-5-7-19(23)26)15(2)27(14)11-16-12-30-21-8-3-4-9-22(21)32-16/h3-10,16H,11-13H2,1-2H3. The Bertz CT molecular complexity index is 1170. The fraction of sp³-hybridized carbons (Fsp3) is 0.250. The maximum atomic E-state index is 13.9. The number of hydrogen-bond acceptors (Lipinski definition) is 5. The van der Waals surface area contributed by atoms with Crippen molar-refractivity contribution >= 4 is 23.4 Å². The number of aromatic nitrogens is 1. The van der Waals surface area contributed by atoms with E-state index in [1.807, 2.05) is 42.7 Å². The van der Waals surface area contributed by atoms with Gasteiger partial charge in [-0.15, -0.1) is 0 Å². The van der Waals surface area contributed by atoms with E-state index >= 15 is 0 Å². The van der Waals surface area contributed by atoms with Crippen molar-refractivity contribution in [2.45, 2.75) is 26.5 Å². The predicted molar refractivity (Wildman–Crippen MR) is 116 cm³/mol. The van der Waals surface area contributed by atoms with E-state index in [-0.39, 0.29) is 16.7 Å². The molecule has 6 nitrogen and oxygen atoms in total. The lowest BCUT2D eigenvalue weighted by Gasteiger charge is -2.27. The van der Waals surface area contributed by atoms with E-state index in [9.17, 15) is 14.0 Å². The topological polar surface area (TPSA) is 66.8 Å². The predicted octanol–water partition coefficient (Wildman–Crippen LogP) is 4.78. The van der Waals surface area contributed by atoms with Crippen molar-refractivity contribution in [3.63, 3.8) is 0 Å². The number of esters is 1. The number of nitrogens with zero attached hydrogens (tertiary/aromatic N) is 1. The molecule has 1 atom stereocenters. The highest BCUT2D eigenvalue weighted by Gasteiger charge is 2.25. The number of halogens is 2. The molecule has 2 heterocycles. The van der Waals surface area contributed by atoms with Crippen LogP contribution in [0, 0.1) is 19.7 Å². The van der Waals surface area contributed by atoms with E-state index in [0.29, 0.717) is 30.2 Å². The minimum absolute atomic E-state index is 0.0723. The summed E-state index contributed by atoms with van der Waals surface area (Å²) >= 11 is 5.88. The highest BCUT2D eigenvalue weighted by atomic mass is 35.5. The van der Waals surface area contributed by atoms with Gasteiger partial charge in [0.15, 0.2) is 24.2 Å². The fourth-order valence-electron chi connectivity index (χ4n) is 3.69. The summed E-state index contributed by atoms with van der Waals surface area (Å²) < 4.78 is 32.7. The van der Waals surface area contributed by atoms with E-state index < -0.39 is 24.2 Å². The zero-order chi connectivity index (χ0) is 22.8. The van der Waals surface area contributed by atoms with Crippen molar-refractivity contribution in [1.29, 1.82) is 0 Å². The van der Waals surface area contributed by atoms with Gasteiger partial charge < -0.3 is 18.8 Å². The van der Waals surface area contributed by atoms with Crippen molar-refractivity contribution in [2.24, 2.45) is 0 Å². The third-order valence-corrected chi connectivity index (χ3v) is 5.64. The zero-order valence-corrected chi connectivity index (χ0v) is 18.3. The van der Waals surface area contributed by atoms with Crippen LogP contribution in [0.1, 0.15) is 32.1 Å². The number of benzene rings is 2. The Morgan fingerprint density at radius 2 is 1.91 bits per heavy atom. The van der Waals surface area contributed by atoms with Crippen LogP contribution < -0.4 is 9.47 Å². The van der Waals surface area contributed by atoms with Crippen LogP contribution in [0.3, 0.4) is 0 Å². The molecule has 2 aromatic carbocycles. The molecule has 0 radical (unpaired) electrons. The molecular weight excluding hydrogens is 437 g/mol. The molecule has 3 aromatic rings. The molecule has 0 saturated heterocycles. The first-order valence-corrected chi connectivity index (χ1v) is 10.4. The average Bonchev–Trinajstić information content (AvgIpc) is 3.05. The van der Waals surface area contributed by atoms with Gasteiger partial charge in [0.2, 0.25) is 5.78 Å². The second-order valence-electron chi connectivity index (χ2n) is 7.49. The first-order chi connectivity index (χ1) is 15.3. The Labute approximate surface area is 189 Å². The number of Topliss-reactive ketones (excluding diaryl/α,β-unsaturated/α-hetero) is 1. The van der Waals surface area contributed by atoms with Gasteiger partial charge in [-0.2, -0.15) is 0 Å². The molecular formula is C24H21ClFNO5. The number of carbonyl (C=O) groups excluding carboxylic acids is 2. The van der Waals surface area contributed by atoms with Gasteiger partial charge in [-0.05, 0) is 44.2 Å². The van der Waals surface area contributed by atoms with E-state index in [2.05, 4.69) is 0 Å². The van der Waals surface area contributed by atoms with Crippen LogP contribution in [-0.2, 0) is 11.3 Å². The average molecular weight is 458 g/mol. The van der Waals surface area contributed by atoms with E-state index in [0.717, 1.165) is 17.5 Å². The van der Waals surface area contributed by atoms with Crippen molar-refractivity contribution in [3.05, 3.63) is 81.9 Å². The van der Waals surface area contributed by atoms with Gasteiger partial charge in [-0.25, -0.2) is 9.18 Å². The lowest BCUT2D eigenvalue weighted by atomic mass is 10.1. The van der Waals surface area contributed by atoms with Gasteiger partial charge in [0.05, 0.1) is 11.6 Å². The lowest BCUT2D eigenvalue weighted by molar-refractivity contribution is 0.0470. The van der Waals surface area contributed by atoms with E-state index in [1.54, 1.807) is 6.07 Å². The van der Waals surface area contributed by atoms with E-state index in [4.69, 9.17) is 25.8 Å². The summed E-state index contributed by atoms with van der Waals surface area (Å²) in [4.78, 5) is 24.9. The first kappa shape index (κ1) is 21.9. The van der Waals surface area contributed by atoms with Gasteiger partial charge in [-0.1, -0.05) is 29.8 Å². The Morgan fingerprint density at radius 3 is 2.66 bits per heavy atom. The summed E-state index contributed by atoms with van der Waals surface area (Å²) in [5, 5.41) is -0.0723. The number of rotatable bonds is 6. The zero-order valence-electron chi connectivity index (χ0n) is 17.6. The van der Waals surface area contributed by atoms with Gasteiger partial charge in [0, 0.05) is 17.0 Å². The largest absolute Gasteiger partial charge is 0.486 e. The monoisotopic (exact) mass is 457 g/mol. The molecule has 0 bridgehead atoms. The normalized spacial score (nSPS) is 14.8. The van der Waals surface area contributed by atoms with Gasteiger partial charge in [0.1, 0.15) is 18.0 Å². The minimum atomic E-state index is -0.985. The van der Waals surface area contributed by atoms with Crippen molar-refractivity contribution in [2.75, 3.05) is 13.2 Å². The molecule has 1 aliphatic rings. The molecule has 1 aromatic heterocycles. The smallest absolute Gasteiger partial charge is 0.343 e. The third kappa shape index (κ3) is 4.34. The summed E-state index contributed by atoms with van der Waals surface area (Å²) in [7, 11) is 0. The molecule has 0 fully saturated rings. The third-order valence-electron chi connectivity index (χ3n) is 5.33. The highest BCUT2D eigenvalue weighted by Crippen LogP contribution is 2.31.